The third kappa shape index (κ3) is 4.53. The average molecular weight is 355 g/mol. The first-order chi connectivity index (χ1) is 12.6. The lowest BCUT2D eigenvalue weighted by molar-refractivity contribution is -0.155. The quantitative estimate of drug-likeness (QED) is 0.411. The summed E-state index contributed by atoms with van der Waals surface area (Å²) in [7, 11) is 0. The summed E-state index contributed by atoms with van der Waals surface area (Å²) in [5, 5.41) is 0. The number of carbonyl (C=O) groups is 3. The number of hydrogen-bond acceptors (Lipinski definition) is 6. The van der Waals surface area contributed by atoms with Gasteiger partial charge in [0.05, 0.1) is 13.2 Å². The number of Topliss-reactive ketones (excluding diaryl/α,β-unsaturated/α-hetero) is 1. The van der Waals surface area contributed by atoms with Crippen LogP contribution in [-0.4, -0.2) is 35.9 Å². The van der Waals surface area contributed by atoms with E-state index in [1.165, 1.54) is 12.4 Å². The zero-order valence-electron chi connectivity index (χ0n) is 14.8. The summed E-state index contributed by atoms with van der Waals surface area (Å²) in [6.45, 7) is 3.55. The second-order valence-electron chi connectivity index (χ2n) is 5.48. The Balaban J connectivity index is 2.52. The van der Waals surface area contributed by atoms with E-state index in [1.54, 1.807) is 56.3 Å². The van der Waals surface area contributed by atoms with E-state index in [1.807, 2.05) is 0 Å². The van der Waals surface area contributed by atoms with E-state index in [2.05, 4.69) is 4.98 Å². The van der Waals surface area contributed by atoms with Gasteiger partial charge in [0.25, 0.3) is 0 Å². The molecular formula is C20H21NO5. The van der Waals surface area contributed by atoms with E-state index < -0.39 is 29.6 Å². The Morgan fingerprint density at radius 1 is 0.923 bits per heavy atom. The molecule has 0 unspecified atom stereocenters. The predicted molar refractivity (Wildman–Crippen MR) is 94.5 cm³/mol. The van der Waals surface area contributed by atoms with Gasteiger partial charge in [-0.15, -0.1) is 0 Å². The average Bonchev–Trinajstić information content (AvgIpc) is 2.67. The van der Waals surface area contributed by atoms with Crippen molar-refractivity contribution in [3.05, 3.63) is 66.0 Å². The van der Waals surface area contributed by atoms with Crippen LogP contribution in [0, 0.1) is 5.92 Å². The summed E-state index contributed by atoms with van der Waals surface area (Å²) in [6, 6.07) is 11.8. The number of nitrogens with zero attached hydrogens (tertiary/aromatic N) is 1. The van der Waals surface area contributed by atoms with E-state index in [0.29, 0.717) is 5.56 Å². The Hall–Kier alpha value is -3.02. The minimum Gasteiger partial charge on any atom is -0.465 e. The summed E-state index contributed by atoms with van der Waals surface area (Å²) in [4.78, 5) is 42.2. The lowest BCUT2D eigenvalue weighted by Gasteiger charge is -2.23. The molecule has 1 aromatic carbocycles. The Morgan fingerprint density at radius 3 is 2.15 bits per heavy atom. The third-order valence-corrected chi connectivity index (χ3v) is 3.80. The number of ketones is 1. The maximum atomic E-state index is 13.0. The van der Waals surface area contributed by atoms with Crippen LogP contribution in [0.1, 0.15) is 35.7 Å². The molecule has 0 aliphatic rings. The highest BCUT2D eigenvalue weighted by atomic mass is 16.5. The van der Waals surface area contributed by atoms with Crippen LogP contribution in [0.4, 0.5) is 0 Å². The number of esters is 2. The van der Waals surface area contributed by atoms with Gasteiger partial charge < -0.3 is 9.47 Å². The SMILES string of the molecule is CCOC(=O)[C@@H](C(=O)c1cccnc1)[C@H](C(=O)OCC)c1ccccc1. The molecule has 2 rings (SSSR count). The zero-order valence-corrected chi connectivity index (χ0v) is 14.8. The molecule has 0 saturated carbocycles. The number of hydrogen-bond donors (Lipinski definition) is 0. The smallest absolute Gasteiger partial charge is 0.318 e. The molecule has 0 spiro atoms. The second kappa shape index (κ2) is 9.46. The van der Waals surface area contributed by atoms with E-state index in [9.17, 15) is 14.4 Å². The Kier molecular flexibility index (Phi) is 7.02. The van der Waals surface area contributed by atoms with Crippen LogP contribution in [0.5, 0.6) is 0 Å². The van der Waals surface area contributed by atoms with Crippen molar-refractivity contribution in [2.45, 2.75) is 19.8 Å². The van der Waals surface area contributed by atoms with Gasteiger partial charge in [-0.05, 0) is 31.5 Å². The van der Waals surface area contributed by atoms with Crippen molar-refractivity contribution in [2.75, 3.05) is 13.2 Å². The van der Waals surface area contributed by atoms with Crippen molar-refractivity contribution < 1.29 is 23.9 Å². The largest absolute Gasteiger partial charge is 0.465 e. The number of carbonyl (C=O) groups excluding carboxylic acids is 3. The fourth-order valence-corrected chi connectivity index (χ4v) is 2.67. The molecule has 6 heteroatoms. The van der Waals surface area contributed by atoms with Crippen molar-refractivity contribution in [1.29, 1.82) is 0 Å². The van der Waals surface area contributed by atoms with Crippen LogP contribution in [0.15, 0.2) is 54.9 Å². The zero-order chi connectivity index (χ0) is 18.9. The van der Waals surface area contributed by atoms with Gasteiger partial charge in [0, 0.05) is 18.0 Å². The van der Waals surface area contributed by atoms with Crippen LogP contribution in [0.3, 0.4) is 0 Å². The third-order valence-electron chi connectivity index (χ3n) is 3.80. The molecule has 2 atom stereocenters. The van der Waals surface area contributed by atoms with E-state index in [4.69, 9.17) is 9.47 Å². The van der Waals surface area contributed by atoms with Crippen LogP contribution in [-0.2, 0) is 19.1 Å². The van der Waals surface area contributed by atoms with Crippen molar-refractivity contribution >= 4 is 17.7 Å². The molecular weight excluding hydrogens is 334 g/mol. The van der Waals surface area contributed by atoms with Gasteiger partial charge in [0.1, 0.15) is 11.8 Å². The fraction of sp³-hybridized carbons (Fsp3) is 0.300. The molecule has 26 heavy (non-hydrogen) atoms. The van der Waals surface area contributed by atoms with Gasteiger partial charge in [-0.1, -0.05) is 30.3 Å². The number of aromatic nitrogens is 1. The van der Waals surface area contributed by atoms with Crippen molar-refractivity contribution in [3.63, 3.8) is 0 Å². The number of rotatable bonds is 8. The van der Waals surface area contributed by atoms with Gasteiger partial charge in [-0.2, -0.15) is 0 Å². The monoisotopic (exact) mass is 355 g/mol. The van der Waals surface area contributed by atoms with Gasteiger partial charge in [-0.3, -0.25) is 19.4 Å². The van der Waals surface area contributed by atoms with Gasteiger partial charge in [0.2, 0.25) is 0 Å². The molecule has 136 valence electrons. The molecule has 2 aromatic rings. The maximum absolute atomic E-state index is 13.0. The van der Waals surface area contributed by atoms with Crippen LogP contribution >= 0.6 is 0 Å². The molecule has 6 nitrogen and oxygen atoms in total. The summed E-state index contributed by atoms with van der Waals surface area (Å²) in [5.74, 6) is -4.38. The Bertz CT molecular complexity index is 745. The highest BCUT2D eigenvalue weighted by Crippen LogP contribution is 2.30. The molecule has 1 aromatic heterocycles. The number of benzene rings is 1. The summed E-state index contributed by atoms with van der Waals surface area (Å²) in [5.41, 5.74) is 0.747. The van der Waals surface area contributed by atoms with E-state index >= 15 is 0 Å². The van der Waals surface area contributed by atoms with Gasteiger partial charge in [-0.25, -0.2) is 0 Å². The fourth-order valence-electron chi connectivity index (χ4n) is 2.67. The molecule has 0 aliphatic carbocycles. The topological polar surface area (TPSA) is 82.6 Å². The lowest BCUT2D eigenvalue weighted by Crippen LogP contribution is -2.36. The Labute approximate surface area is 152 Å². The minimum atomic E-state index is -1.35. The number of ether oxygens (including phenoxy) is 2. The highest BCUT2D eigenvalue weighted by Gasteiger charge is 2.42. The summed E-state index contributed by atoms with van der Waals surface area (Å²) >= 11 is 0. The standard InChI is InChI=1S/C20H21NO5/c1-3-25-19(23)16(14-9-6-5-7-10-14)17(20(24)26-4-2)18(22)15-11-8-12-21-13-15/h5-13,16-17H,3-4H2,1-2H3/t16-,17-/m1/s1. The van der Waals surface area contributed by atoms with Gasteiger partial charge in [0.15, 0.2) is 5.78 Å². The first-order valence-electron chi connectivity index (χ1n) is 8.42. The molecule has 0 N–H and O–H groups in total. The summed E-state index contributed by atoms with van der Waals surface area (Å²) in [6.07, 6.45) is 2.89. The van der Waals surface area contributed by atoms with Crippen LogP contribution < -0.4 is 0 Å². The van der Waals surface area contributed by atoms with Crippen LogP contribution in [0.25, 0.3) is 0 Å². The first kappa shape index (κ1) is 19.3. The lowest BCUT2D eigenvalue weighted by atomic mass is 9.81. The highest BCUT2D eigenvalue weighted by molar-refractivity contribution is 6.11. The van der Waals surface area contributed by atoms with Gasteiger partial charge >= 0.3 is 11.9 Å². The number of pyridine rings is 1. The molecule has 0 aliphatic heterocycles. The van der Waals surface area contributed by atoms with Crippen molar-refractivity contribution in [3.8, 4) is 0 Å². The molecule has 0 radical (unpaired) electrons. The van der Waals surface area contributed by atoms with E-state index in [-0.39, 0.29) is 18.8 Å². The molecule has 0 bridgehead atoms. The molecule has 0 amide bonds. The summed E-state index contributed by atoms with van der Waals surface area (Å²) < 4.78 is 10.2. The molecule has 0 fully saturated rings. The van der Waals surface area contributed by atoms with E-state index in [0.717, 1.165) is 0 Å². The van der Waals surface area contributed by atoms with Crippen molar-refractivity contribution in [2.24, 2.45) is 5.92 Å². The molecule has 0 saturated heterocycles. The maximum Gasteiger partial charge on any atom is 0.318 e. The van der Waals surface area contributed by atoms with Crippen LogP contribution in [0.2, 0.25) is 0 Å². The second-order valence-corrected chi connectivity index (χ2v) is 5.48. The molecule has 1 heterocycles. The van der Waals surface area contributed by atoms with Crippen molar-refractivity contribution in [1.82, 2.24) is 4.98 Å². The predicted octanol–water partition coefficient (Wildman–Crippen LogP) is 2.79. The first-order valence-corrected chi connectivity index (χ1v) is 8.42. The minimum absolute atomic E-state index is 0.0972. The normalized spacial score (nSPS) is 12.7. The Morgan fingerprint density at radius 2 is 1.58 bits per heavy atom.